The van der Waals surface area contributed by atoms with Crippen molar-refractivity contribution in [3.8, 4) is 0 Å². The first-order valence-electron chi connectivity index (χ1n) is 6.74. The van der Waals surface area contributed by atoms with E-state index in [9.17, 15) is 14.4 Å². The predicted molar refractivity (Wildman–Crippen MR) is 76.3 cm³/mol. The van der Waals surface area contributed by atoms with Gasteiger partial charge in [0.05, 0.1) is 7.11 Å². The van der Waals surface area contributed by atoms with Crippen molar-refractivity contribution >= 4 is 18.1 Å². The molecule has 0 aliphatic rings. The van der Waals surface area contributed by atoms with Crippen molar-refractivity contribution < 1.29 is 23.9 Å². The number of ether oxygens (including phenoxy) is 2. The Hall–Kier alpha value is -1.99. The summed E-state index contributed by atoms with van der Waals surface area (Å²) in [4.78, 5) is 34.7. The summed E-state index contributed by atoms with van der Waals surface area (Å²) in [5, 5.41) is 2.42. The van der Waals surface area contributed by atoms with Crippen molar-refractivity contribution in [3.63, 3.8) is 0 Å². The maximum Gasteiger partial charge on any atom is 0.426 e. The molecule has 122 valence electrons. The lowest BCUT2D eigenvalue weighted by Gasteiger charge is -2.24. The number of nitrogens with one attached hydrogen (secondary N) is 3. The normalized spacial score (nSPS) is 13.6. The highest BCUT2D eigenvalue weighted by Gasteiger charge is 2.27. The van der Waals surface area contributed by atoms with Gasteiger partial charge in [-0.15, -0.1) is 0 Å². The molecule has 2 atom stereocenters. The summed E-state index contributed by atoms with van der Waals surface area (Å²) in [5.41, 5.74) is 3.68. The molecule has 8 nitrogen and oxygen atoms in total. The van der Waals surface area contributed by atoms with Crippen LogP contribution in [0.5, 0.6) is 0 Å². The molecular formula is C13H25N3O5. The van der Waals surface area contributed by atoms with E-state index in [-0.39, 0.29) is 5.92 Å². The minimum Gasteiger partial charge on any atom is -0.453 e. The zero-order valence-electron chi connectivity index (χ0n) is 13.4. The van der Waals surface area contributed by atoms with Crippen LogP contribution in [0.15, 0.2) is 0 Å². The second-order valence-electron chi connectivity index (χ2n) is 5.62. The van der Waals surface area contributed by atoms with Crippen LogP contribution >= 0.6 is 0 Å². The maximum atomic E-state index is 12.0. The van der Waals surface area contributed by atoms with Gasteiger partial charge in [0.15, 0.2) is 0 Å². The van der Waals surface area contributed by atoms with Gasteiger partial charge in [-0.05, 0) is 26.7 Å². The molecule has 0 unspecified atom stereocenters. The Labute approximate surface area is 124 Å². The maximum absolute atomic E-state index is 12.0. The first kappa shape index (κ1) is 19.0. The summed E-state index contributed by atoms with van der Waals surface area (Å²) >= 11 is 0. The van der Waals surface area contributed by atoms with Crippen LogP contribution < -0.4 is 16.2 Å². The first-order chi connectivity index (χ1) is 9.60. The summed E-state index contributed by atoms with van der Waals surface area (Å²) in [5.74, 6) is -0.690. The van der Waals surface area contributed by atoms with E-state index in [0.717, 1.165) is 0 Å². The second-order valence-corrected chi connectivity index (χ2v) is 5.62. The molecule has 0 radical (unpaired) electrons. The van der Waals surface area contributed by atoms with Crippen LogP contribution in [0.2, 0.25) is 0 Å². The quantitative estimate of drug-likeness (QED) is 0.679. The van der Waals surface area contributed by atoms with Crippen molar-refractivity contribution in [2.75, 3.05) is 7.11 Å². The second kappa shape index (κ2) is 8.33. The molecule has 0 aliphatic carbocycles. The number of carbonyl (C=O) groups is 3. The van der Waals surface area contributed by atoms with Crippen molar-refractivity contribution in [3.05, 3.63) is 0 Å². The van der Waals surface area contributed by atoms with E-state index in [0.29, 0.717) is 6.42 Å². The molecule has 3 amide bonds. The molecule has 0 fully saturated rings. The zero-order valence-corrected chi connectivity index (χ0v) is 13.4. The van der Waals surface area contributed by atoms with Crippen molar-refractivity contribution in [1.29, 1.82) is 0 Å². The Kier molecular flexibility index (Phi) is 7.54. The van der Waals surface area contributed by atoms with Crippen molar-refractivity contribution in [2.45, 2.75) is 52.7 Å². The van der Waals surface area contributed by atoms with Gasteiger partial charge in [-0.2, -0.15) is 0 Å². The van der Waals surface area contributed by atoms with Crippen molar-refractivity contribution in [2.24, 2.45) is 5.92 Å². The number of hydrogen-bond donors (Lipinski definition) is 3. The lowest BCUT2D eigenvalue weighted by Crippen LogP contribution is -2.55. The highest BCUT2D eigenvalue weighted by molar-refractivity contribution is 5.87. The van der Waals surface area contributed by atoms with Gasteiger partial charge in [-0.3, -0.25) is 10.2 Å². The lowest BCUT2D eigenvalue weighted by molar-refractivity contribution is -0.125. The third kappa shape index (κ3) is 8.01. The summed E-state index contributed by atoms with van der Waals surface area (Å²) in [7, 11) is 1.21. The van der Waals surface area contributed by atoms with Gasteiger partial charge >= 0.3 is 12.2 Å². The molecule has 0 rings (SSSR count). The molecule has 0 bridgehead atoms. The molecule has 0 aromatic rings. The smallest absolute Gasteiger partial charge is 0.426 e. The summed E-state index contributed by atoms with van der Waals surface area (Å²) in [6, 6.07) is -0.822. The minimum absolute atomic E-state index is 0.135. The van der Waals surface area contributed by atoms with Crippen LogP contribution in [0.25, 0.3) is 0 Å². The van der Waals surface area contributed by atoms with Crippen molar-refractivity contribution in [1.82, 2.24) is 16.2 Å². The van der Waals surface area contributed by atoms with E-state index in [1.165, 1.54) is 7.11 Å². The molecule has 0 saturated carbocycles. The number of amides is 3. The number of hydrazine groups is 1. The van der Waals surface area contributed by atoms with E-state index in [4.69, 9.17) is 4.74 Å². The summed E-state index contributed by atoms with van der Waals surface area (Å²) < 4.78 is 9.46. The van der Waals surface area contributed by atoms with Crippen LogP contribution in [-0.2, 0) is 14.3 Å². The topological polar surface area (TPSA) is 106 Å². The summed E-state index contributed by atoms with van der Waals surface area (Å²) in [6.45, 7) is 8.79. The number of alkyl carbamates (subject to hydrolysis) is 1. The fourth-order valence-electron chi connectivity index (χ4n) is 1.38. The molecule has 3 N–H and O–H groups in total. The molecular weight excluding hydrogens is 278 g/mol. The highest BCUT2D eigenvalue weighted by atomic mass is 16.6. The van der Waals surface area contributed by atoms with Gasteiger partial charge in [0.1, 0.15) is 11.6 Å². The van der Waals surface area contributed by atoms with Crippen LogP contribution in [0.1, 0.15) is 41.0 Å². The van der Waals surface area contributed by atoms with Gasteiger partial charge in [-0.25, -0.2) is 15.0 Å². The number of hydrogen-bond acceptors (Lipinski definition) is 5. The molecule has 0 heterocycles. The van der Waals surface area contributed by atoms with Gasteiger partial charge < -0.3 is 14.8 Å². The van der Waals surface area contributed by atoms with Crippen LogP contribution in [-0.4, -0.2) is 36.8 Å². The SMILES string of the molecule is CC[C@H](C)[C@H](NC(=O)OC)C(=O)NNC(=O)OC(C)(C)C. The first-order valence-corrected chi connectivity index (χ1v) is 6.74. The molecule has 0 saturated heterocycles. The highest BCUT2D eigenvalue weighted by Crippen LogP contribution is 2.08. The Morgan fingerprint density at radius 3 is 2.10 bits per heavy atom. The van der Waals surface area contributed by atoms with E-state index in [1.54, 1.807) is 27.7 Å². The third-order valence-electron chi connectivity index (χ3n) is 2.64. The van der Waals surface area contributed by atoms with Gasteiger partial charge in [-0.1, -0.05) is 20.3 Å². The Morgan fingerprint density at radius 2 is 1.67 bits per heavy atom. The van der Waals surface area contributed by atoms with E-state index < -0.39 is 29.7 Å². The lowest BCUT2D eigenvalue weighted by atomic mass is 9.99. The monoisotopic (exact) mass is 303 g/mol. The van der Waals surface area contributed by atoms with E-state index in [2.05, 4.69) is 20.9 Å². The minimum atomic E-state index is -0.822. The Morgan fingerprint density at radius 1 is 1.10 bits per heavy atom. The molecule has 0 spiro atoms. The van der Waals surface area contributed by atoms with E-state index in [1.807, 2.05) is 6.92 Å². The Bertz CT molecular complexity index is 378. The zero-order chi connectivity index (χ0) is 16.6. The largest absolute Gasteiger partial charge is 0.453 e. The Balaban J connectivity index is 4.54. The third-order valence-corrected chi connectivity index (χ3v) is 2.64. The average molecular weight is 303 g/mol. The fourth-order valence-corrected chi connectivity index (χ4v) is 1.38. The van der Waals surface area contributed by atoms with Crippen LogP contribution in [0, 0.1) is 5.92 Å². The molecule has 0 aromatic carbocycles. The average Bonchev–Trinajstić information content (AvgIpc) is 2.39. The van der Waals surface area contributed by atoms with Crippen LogP contribution in [0.4, 0.5) is 9.59 Å². The molecule has 8 heteroatoms. The standard InChI is InChI=1S/C13H25N3O5/c1-7-8(2)9(14-11(18)20-6)10(17)15-16-12(19)21-13(3,4)5/h8-9H,7H2,1-6H3,(H,14,18)(H,15,17)(H,16,19)/t8-,9-/m0/s1. The van der Waals surface area contributed by atoms with Gasteiger partial charge in [0.25, 0.3) is 5.91 Å². The molecule has 0 aliphatic heterocycles. The van der Waals surface area contributed by atoms with Gasteiger partial charge in [0.2, 0.25) is 0 Å². The van der Waals surface area contributed by atoms with E-state index >= 15 is 0 Å². The van der Waals surface area contributed by atoms with Gasteiger partial charge in [0, 0.05) is 0 Å². The fraction of sp³-hybridized carbons (Fsp3) is 0.769. The number of methoxy groups -OCH3 is 1. The molecule has 0 aromatic heterocycles. The number of rotatable bonds is 4. The number of carbonyl (C=O) groups excluding carboxylic acids is 3. The summed E-state index contributed by atoms with van der Waals surface area (Å²) in [6.07, 6.45) is -0.835. The molecule has 21 heavy (non-hydrogen) atoms. The predicted octanol–water partition coefficient (Wildman–Crippen LogP) is 1.31. The van der Waals surface area contributed by atoms with Crippen LogP contribution in [0.3, 0.4) is 0 Å².